The van der Waals surface area contributed by atoms with Gasteiger partial charge in [-0.15, -0.1) is 11.3 Å². The van der Waals surface area contributed by atoms with Gasteiger partial charge in [-0.25, -0.2) is 17.2 Å². The topological polar surface area (TPSA) is 37.4 Å². The monoisotopic (exact) mass is 375 g/mol. The molecule has 1 aliphatic rings. The zero-order valence-corrected chi connectivity index (χ0v) is 14.6. The van der Waals surface area contributed by atoms with E-state index in [1.165, 1.54) is 9.18 Å². The molecule has 1 aromatic heterocycles. The smallest absolute Gasteiger partial charge is 0.207 e. The van der Waals surface area contributed by atoms with Crippen molar-refractivity contribution in [3.63, 3.8) is 0 Å². The van der Waals surface area contributed by atoms with E-state index in [1.807, 2.05) is 17.5 Å². The van der Waals surface area contributed by atoms with Gasteiger partial charge in [0.25, 0.3) is 0 Å². The van der Waals surface area contributed by atoms with Gasteiger partial charge in [0.1, 0.15) is 16.5 Å². The molecule has 0 radical (unpaired) electrons. The summed E-state index contributed by atoms with van der Waals surface area (Å²) in [5.41, 5.74) is 0. The fraction of sp³-hybridized carbons (Fsp3) is 0.333. The normalized spacial score (nSPS) is 20.3. The van der Waals surface area contributed by atoms with Crippen LogP contribution in [-0.2, 0) is 10.0 Å². The predicted molar refractivity (Wildman–Crippen MR) is 89.3 cm³/mol. The average molecular weight is 375 g/mol. The summed E-state index contributed by atoms with van der Waals surface area (Å²) >= 11 is 3.37. The third kappa shape index (κ3) is 3.60. The van der Waals surface area contributed by atoms with E-state index in [-0.39, 0.29) is 5.25 Å². The summed E-state index contributed by atoms with van der Waals surface area (Å²) in [6, 6.07) is 6.60. The van der Waals surface area contributed by atoms with Crippen LogP contribution in [-0.4, -0.2) is 31.6 Å². The maximum atomic E-state index is 13.9. The minimum absolute atomic E-state index is 0.258. The molecule has 0 saturated carbocycles. The molecule has 0 spiro atoms. The van der Waals surface area contributed by atoms with Crippen LogP contribution >= 0.6 is 23.1 Å². The number of halogens is 2. The summed E-state index contributed by atoms with van der Waals surface area (Å²) in [5, 5.41) is 2.26. The number of rotatable bonds is 3. The molecule has 0 N–H and O–H groups in total. The van der Waals surface area contributed by atoms with Gasteiger partial charge in [0.2, 0.25) is 10.0 Å². The van der Waals surface area contributed by atoms with Crippen molar-refractivity contribution in [3.8, 4) is 0 Å². The molecule has 0 amide bonds. The standard InChI is InChI=1S/C15H15F2NO2S3/c16-11-3-4-15(12(17)10-11)23(19,20)18-6-5-14(22-9-7-18)13-2-1-8-21-13/h1-4,8,10,14H,5-7,9H2. The SMILES string of the molecule is O=S(=O)(c1ccc(F)cc1F)N1CCSC(c2cccs2)CC1. The lowest BCUT2D eigenvalue weighted by Gasteiger charge is -2.20. The second kappa shape index (κ2) is 6.88. The molecule has 0 bridgehead atoms. The van der Waals surface area contributed by atoms with Gasteiger partial charge in [-0.3, -0.25) is 0 Å². The zero-order chi connectivity index (χ0) is 16.4. The number of sulfonamides is 1. The molecular weight excluding hydrogens is 360 g/mol. The van der Waals surface area contributed by atoms with Crippen molar-refractivity contribution in [2.45, 2.75) is 16.6 Å². The minimum atomic E-state index is -3.94. The molecule has 1 unspecified atom stereocenters. The van der Waals surface area contributed by atoms with E-state index < -0.39 is 26.6 Å². The molecule has 1 atom stereocenters. The Morgan fingerprint density at radius 3 is 2.70 bits per heavy atom. The second-order valence-electron chi connectivity index (χ2n) is 5.14. The summed E-state index contributed by atoms with van der Waals surface area (Å²) in [7, 11) is -3.94. The Labute approximate surface area is 142 Å². The number of hydrogen-bond acceptors (Lipinski definition) is 4. The van der Waals surface area contributed by atoms with Crippen LogP contribution in [0.4, 0.5) is 8.78 Å². The van der Waals surface area contributed by atoms with E-state index in [1.54, 1.807) is 23.1 Å². The fourth-order valence-electron chi connectivity index (χ4n) is 2.52. The Balaban J connectivity index is 1.81. The highest BCUT2D eigenvalue weighted by Gasteiger charge is 2.30. The molecule has 1 aromatic carbocycles. The largest absolute Gasteiger partial charge is 0.246 e. The highest BCUT2D eigenvalue weighted by atomic mass is 32.2. The molecule has 124 valence electrons. The lowest BCUT2D eigenvalue weighted by Crippen LogP contribution is -2.33. The van der Waals surface area contributed by atoms with Gasteiger partial charge in [-0.2, -0.15) is 16.1 Å². The maximum absolute atomic E-state index is 13.9. The molecule has 2 heterocycles. The summed E-state index contributed by atoms with van der Waals surface area (Å²) in [4.78, 5) is 0.765. The second-order valence-corrected chi connectivity index (χ2v) is 9.34. The number of benzene rings is 1. The van der Waals surface area contributed by atoms with E-state index >= 15 is 0 Å². The summed E-state index contributed by atoms with van der Waals surface area (Å²) < 4.78 is 53.4. The van der Waals surface area contributed by atoms with Crippen molar-refractivity contribution in [1.82, 2.24) is 4.31 Å². The zero-order valence-electron chi connectivity index (χ0n) is 12.1. The van der Waals surface area contributed by atoms with Crippen molar-refractivity contribution in [2.24, 2.45) is 0 Å². The molecule has 0 aliphatic carbocycles. The van der Waals surface area contributed by atoms with Crippen LogP contribution in [0.3, 0.4) is 0 Å². The van der Waals surface area contributed by atoms with Gasteiger partial charge in [0.15, 0.2) is 0 Å². The highest BCUT2D eigenvalue weighted by molar-refractivity contribution is 7.99. The minimum Gasteiger partial charge on any atom is -0.207 e. The molecule has 1 aliphatic heterocycles. The predicted octanol–water partition coefficient (Wildman–Crippen LogP) is 3.90. The number of thiophene rings is 1. The first-order chi connectivity index (χ1) is 11.0. The first kappa shape index (κ1) is 16.9. The van der Waals surface area contributed by atoms with Crippen LogP contribution in [0, 0.1) is 11.6 Å². The van der Waals surface area contributed by atoms with Gasteiger partial charge >= 0.3 is 0 Å². The third-order valence-corrected chi connectivity index (χ3v) is 8.05. The van der Waals surface area contributed by atoms with E-state index in [0.29, 0.717) is 31.3 Å². The van der Waals surface area contributed by atoms with Crippen molar-refractivity contribution >= 4 is 33.1 Å². The van der Waals surface area contributed by atoms with Crippen LogP contribution in [0.25, 0.3) is 0 Å². The van der Waals surface area contributed by atoms with Crippen molar-refractivity contribution in [1.29, 1.82) is 0 Å². The van der Waals surface area contributed by atoms with Crippen molar-refractivity contribution in [3.05, 3.63) is 52.2 Å². The van der Waals surface area contributed by atoms with Crippen LogP contribution in [0.5, 0.6) is 0 Å². The summed E-state index contributed by atoms with van der Waals surface area (Å²) in [5.74, 6) is -1.19. The van der Waals surface area contributed by atoms with Gasteiger partial charge in [-0.1, -0.05) is 6.07 Å². The lowest BCUT2D eigenvalue weighted by atomic mass is 10.2. The third-order valence-electron chi connectivity index (χ3n) is 3.67. The van der Waals surface area contributed by atoms with Crippen molar-refractivity contribution < 1.29 is 17.2 Å². The first-order valence-electron chi connectivity index (χ1n) is 7.08. The number of thioether (sulfide) groups is 1. The van der Waals surface area contributed by atoms with Gasteiger partial charge in [0.05, 0.1) is 0 Å². The van der Waals surface area contributed by atoms with E-state index in [4.69, 9.17) is 0 Å². The quantitative estimate of drug-likeness (QED) is 0.817. The summed E-state index contributed by atoms with van der Waals surface area (Å²) in [6.07, 6.45) is 0.674. The Hall–Kier alpha value is -0.960. The van der Waals surface area contributed by atoms with Gasteiger partial charge in [0, 0.05) is 35.0 Å². The van der Waals surface area contributed by atoms with E-state index in [9.17, 15) is 17.2 Å². The van der Waals surface area contributed by atoms with E-state index in [2.05, 4.69) is 0 Å². The Kier molecular flexibility index (Phi) is 5.05. The number of nitrogens with zero attached hydrogens (tertiary/aromatic N) is 1. The maximum Gasteiger partial charge on any atom is 0.246 e. The summed E-state index contributed by atoms with van der Waals surface area (Å²) in [6.45, 7) is 0.653. The molecule has 1 saturated heterocycles. The van der Waals surface area contributed by atoms with Crippen LogP contribution in [0.1, 0.15) is 16.5 Å². The molecule has 1 fully saturated rings. The molecular formula is C15H15F2NO2S3. The highest BCUT2D eigenvalue weighted by Crippen LogP contribution is 2.37. The molecule has 3 rings (SSSR count). The van der Waals surface area contributed by atoms with Crippen LogP contribution in [0.15, 0.2) is 40.6 Å². The van der Waals surface area contributed by atoms with Crippen LogP contribution in [0.2, 0.25) is 0 Å². The Morgan fingerprint density at radius 2 is 2.00 bits per heavy atom. The van der Waals surface area contributed by atoms with Gasteiger partial charge < -0.3 is 0 Å². The molecule has 3 nitrogen and oxygen atoms in total. The fourth-order valence-corrected chi connectivity index (χ4v) is 6.37. The number of hydrogen-bond donors (Lipinski definition) is 0. The molecule has 2 aromatic rings. The first-order valence-corrected chi connectivity index (χ1v) is 10.5. The Bertz CT molecular complexity index is 778. The van der Waals surface area contributed by atoms with E-state index in [0.717, 1.165) is 12.1 Å². The van der Waals surface area contributed by atoms with Crippen molar-refractivity contribution in [2.75, 3.05) is 18.8 Å². The Morgan fingerprint density at radius 1 is 1.17 bits per heavy atom. The lowest BCUT2D eigenvalue weighted by molar-refractivity contribution is 0.423. The average Bonchev–Trinajstić information content (AvgIpc) is 2.91. The molecule has 8 heteroatoms. The van der Waals surface area contributed by atoms with Gasteiger partial charge in [-0.05, 0) is 30.0 Å². The van der Waals surface area contributed by atoms with Crippen LogP contribution < -0.4 is 0 Å². The molecule has 23 heavy (non-hydrogen) atoms.